The van der Waals surface area contributed by atoms with Gasteiger partial charge >= 0.3 is 0 Å². The Morgan fingerprint density at radius 1 is 1.36 bits per heavy atom. The molecule has 1 aromatic rings. The first-order valence-electron chi connectivity index (χ1n) is 4.79. The lowest BCUT2D eigenvalue weighted by Gasteiger charge is -2.16. The van der Waals surface area contributed by atoms with Crippen LogP contribution in [0.5, 0.6) is 0 Å². The van der Waals surface area contributed by atoms with Crippen molar-refractivity contribution < 1.29 is 4.74 Å². The minimum Gasteiger partial charge on any atom is -0.372 e. The van der Waals surface area contributed by atoms with Crippen LogP contribution in [0.25, 0.3) is 0 Å². The van der Waals surface area contributed by atoms with Gasteiger partial charge in [0.2, 0.25) is 0 Å². The summed E-state index contributed by atoms with van der Waals surface area (Å²) in [4.78, 5) is 0. The van der Waals surface area contributed by atoms with Gasteiger partial charge in [-0.25, -0.2) is 0 Å². The SMILES string of the molecule is CCOC(CNC)c1ccc(Br)cc1. The molecule has 0 saturated carbocycles. The molecule has 0 fully saturated rings. The van der Waals surface area contributed by atoms with E-state index in [1.807, 2.05) is 26.1 Å². The van der Waals surface area contributed by atoms with Crippen LogP contribution >= 0.6 is 15.9 Å². The first-order valence-corrected chi connectivity index (χ1v) is 5.59. The highest BCUT2D eigenvalue weighted by molar-refractivity contribution is 9.10. The molecule has 0 heterocycles. The first-order chi connectivity index (χ1) is 6.77. The smallest absolute Gasteiger partial charge is 0.0948 e. The normalized spacial score (nSPS) is 12.8. The Morgan fingerprint density at radius 2 is 2.00 bits per heavy atom. The third-order valence-electron chi connectivity index (χ3n) is 2.00. The van der Waals surface area contributed by atoms with Gasteiger partial charge in [-0.1, -0.05) is 28.1 Å². The molecule has 1 unspecified atom stereocenters. The van der Waals surface area contributed by atoms with Crippen molar-refractivity contribution >= 4 is 15.9 Å². The number of nitrogens with one attached hydrogen (secondary N) is 1. The van der Waals surface area contributed by atoms with E-state index in [1.54, 1.807) is 0 Å². The largest absolute Gasteiger partial charge is 0.372 e. The molecule has 3 heteroatoms. The van der Waals surface area contributed by atoms with Crippen LogP contribution < -0.4 is 5.32 Å². The summed E-state index contributed by atoms with van der Waals surface area (Å²) in [6.07, 6.45) is 0.151. The van der Waals surface area contributed by atoms with Crippen LogP contribution in [0.15, 0.2) is 28.7 Å². The lowest BCUT2D eigenvalue weighted by atomic mass is 10.1. The summed E-state index contributed by atoms with van der Waals surface area (Å²) in [7, 11) is 1.94. The zero-order chi connectivity index (χ0) is 10.4. The Morgan fingerprint density at radius 3 is 2.50 bits per heavy atom. The Kier molecular flexibility index (Phi) is 5.15. The van der Waals surface area contributed by atoms with Crippen LogP contribution in [0.1, 0.15) is 18.6 Å². The van der Waals surface area contributed by atoms with Crippen LogP contribution in [-0.2, 0) is 4.74 Å². The van der Waals surface area contributed by atoms with Crippen molar-refractivity contribution in [2.75, 3.05) is 20.2 Å². The van der Waals surface area contributed by atoms with Gasteiger partial charge in [0.1, 0.15) is 0 Å². The van der Waals surface area contributed by atoms with Crippen molar-refractivity contribution in [3.8, 4) is 0 Å². The van der Waals surface area contributed by atoms with Crippen molar-refractivity contribution in [3.05, 3.63) is 34.3 Å². The second kappa shape index (κ2) is 6.17. The molecule has 0 aromatic heterocycles. The lowest BCUT2D eigenvalue weighted by Crippen LogP contribution is -2.19. The minimum atomic E-state index is 0.151. The molecule has 0 saturated heterocycles. The van der Waals surface area contributed by atoms with Gasteiger partial charge in [0.15, 0.2) is 0 Å². The maximum Gasteiger partial charge on any atom is 0.0948 e. The Bertz CT molecular complexity index is 254. The summed E-state index contributed by atoms with van der Waals surface area (Å²) >= 11 is 3.42. The van der Waals surface area contributed by atoms with Gasteiger partial charge in [-0.15, -0.1) is 0 Å². The molecule has 1 rings (SSSR count). The van der Waals surface area contributed by atoms with Crippen LogP contribution in [0.3, 0.4) is 0 Å². The van der Waals surface area contributed by atoms with Crippen LogP contribution in [0.2, 0.25) is 0 Å². The van der Waals surface area contributed by atoms with Crippen molar-refractivity contribution in [1.29, 1.82) is 0 Å². The summed E-state index contributed by atoms with van der Waals surface area (Å²) in [5, 5.41) is 3.13. The van der Waals surface area contributed by atoms with Gasteiger partial charge in [-0.05, 0) is 31.7 Å². The third-order valence-corrected chi connectivity index (χ3v) is 2.53. The summed E-state index contributed by atoms with van der Waals surface area (Å²) in [6, 6.07) is 8.25. The molecule has 2 nitrogen and oxygen atoms in total. The number of likely N-dealkylation sites (N-methyl/N-ethyl adjacent to an activating group) is 1. The number of rotatable bonds is 5. The average molecular weight is 258 g/mol. The molecule has 0 spiro atoms. The van der Waals surface area contributed by atoms with Gasteiger partial charge in [-0.2, -0.15) is 0 Å². The molecule has 0 aliphatic heterocycles. The number of hydrogen-bond acceptors (Lipinski definition) is 2. The number of ether oxygens (including phenoxy) is 1. The summed E-state index contributed by atoms with van der Waals surface area (Å²) in [5.41, 5.74) is 1.21. The van der Waals surface area contributed by atoms with Crippen molar-refractivity contribution in [1.82, 2.24) is 5.32 Å². The molecule has 0 radical (unpaired) electrons. The van der Waals surface area contributed by atoms with E-state index in [2.05, 4.69) is 33.4 Å². The van der Waals surface area contributed by atoms with E-state index in [0.29, 0.717) is 0 Å². The van der Waals surface area contributed by atoms with Crippen molar-refractivity contribution in [2.45, 2.75) is 13.0 Å². The van der Waals surface area contributed by atoms with E-state index >= 15 is 0 Å². The topological polar surface area (TPSA) is 21.3 Å². The zero-order valence-electron chi connectivity index (χ0n) is 8.59. The number of benzene rings is 1. The predicted molar refractivity (Wildman–Crippen MR) is 62.4 cm³/mol. The van der Waals surface area contributed by atoms with Crippen molar-refractivity contribution in [3.63, 3.8) is 0 Å². The van der Waals surface area contributed by atoms with Crippen LogP contribution in [0, 0.1) is 0 Å². The average Bonchev–Trinajstić information content (AvgIpc) is 2.19. The van der Waals surface area contributed by atoms with E-state index in [-0.39, 0.29) is 6.10 Å². The quantitative estimate of drug-likeness (QED) is 0.876. The number of halogens is 1. The van der Waals surface area contributed by atoms with Crippen LogP contribution in [-0.4, -0.2) is 20.2 Å². The van der Waals surface area contributed by atoms with Crippen molar-refractivity contribution in [2.24, 2.45) is 0 Å². The Labute approximate surface area is 93.8 Å². The molecule has 14 heavy (non-hydrogen) atoms. The highest BCUT2D eigenvalue weighted by atomic mass is 79.9. The van der Waals surface area contributed by atoms with E-state index in [1.165, 1.54) is 5.56 Å². The molecule has 1 aromatic carbocycles. The minimum absolute atomic E-state index is 0.151. The Balaban J connectivity index is 2.71. The van der Waals surface area contributed by atoms with Gasteiger partial charge in [0.25, 0.3) is 0 Å². The fraction of sp³-hybridized carbons (Fsp3) is 0.455. The lowest BCUT2D eigenvalue weighted by molar-refractivity contribution is 0.0638. The summed E-state index contributed by atoms with van der Waals surface area (Å²) in [6.45, 7) is 3.60. The fourth-order valence-electron chi connectivity index (χ4n) is 1.34. The first kappa shape index (κ1) is 11.7. The third kappa shape index (κ3) is 3.40. The van der Waals surface area contributed by atoms with Gasteiger partial charge in [-0.3, -0.25) is 0 Å². The molecule has 1 atom stereocenters. The van der Waals surface area contributed by atoms with E-state index < -0.39 is 0 Å². The molecular weight excluding hydrogens is 242 g/mol. The summed E-state index contributed by atoms with van der Waals surface area (Å²) in [5.74, 6) is 0. The van der Waals surface area contributed by atoms with E-state index in [0.717, 1.165) is 17.6 Å². The zero-order valence-corrected chi connectivity index (χ0v) is 10.2. The standard InChI is InChI=1S/C11H16BrNO/c1-3-14-11(8-13-2)9-4-6-10(12)7-5-9/h4-7,11,13H,3,8H2,1-2H3. The monoisotopic (exact) mass is 257 g/mol. The van der Waals surface area contributed by atoms with Crippen LogP contribution in [0.4, 0.5) is 0 Å². The predicted octanol–water partition coefficient (Wildman–Crippen LogP) is 2.75. The molecule has 0 bridgehead atoms. The molecule has 0 aliphatic carbocycles. The second-order valence-electron chi connectivity index (χ2n) is 3.05. The highest BCUT2D eigenvalue weighted by Gasteiger charge is 2.09. The molecule has 1 N–H and O–H groups in total. The number of hydrogen-bond donors (Lipinski definition) is 1. The molecule has 0 amide bonds. The molecular formula is C11H16BrNO. The molecule has 0 aliphatic rings. The van der Waals surface area contributed by atoms with E-state index in [9.17, 15) is 0 Å². The maximum absolute atomic E-state index is 5.63. The fourth-order valence-corrected chi connectivity index (χ4v) is 1.60. The molecule has 78 valence electrons. The van der Waals surface area contributed by atoms with Gasteiger partial charge < -0.3 is 10.1 Å². The van der Waals surface area contributed by atoms with E-state index in [4.69, 9.17) is 4.74 Å². The highest BCUT2D eigenvalue weighted by Crippen LogP contribution is 2.19. The van der Waals surface area contributed by atoms with Gasteiger partial charge in [0.05, 0.1) is 6.10 Å². The summed E-state index contributed by atoms with van der Waals surface area (Å²) < 4.78 is 6.73. The Hall–Kier alpha value is -0.380. The maximum atomic E-state index is 5.63. The second-order valence-corrected chi connectivity index (χ2v) is 3.97. The van der Waals surface area contributed by atoms with Gasteiger partial charge in [0, 0.05) is 17.6 Å².